The maximum atomic E-state index is 2.17. The van der Waals surface area contributed by atoms with Crippen molar-refractivity contribution in [3.05, 3.63) is 0 Å². The minimum absolute atomic E-state index is 0. The van der Waals surface area contributed by atoms with Crippen LogP contribution in [-0.4, -0.2) is 36.6 Å². The van der Waals surface area contributed by atoms with Gasteiger partial charge in [-0.05, 0) is 0 Å². The van der Waals surface area contributed by atoms with Crippen molar-refractivity contribution in [2.75, 3.05) is 0 Å². The molecule has 0 atom stereocenters. The minimum atomic E-state index is 0. The second-order valence-electron chi connectivity index (χ2n) is 1.73. The van der Waals surface area contributed by atoms with E-state index >= 15 is 0 Å². The predicted octanol–water partition coefficient (Wildman–Crippen LogP) is 1.33. The van der Waals surface area contributed by atoms with Crippen LogP contribution >= 0.6 is 29.4 Å². The fourth-order valence-electron chi connectivity index (χ4n) is 0. The van der Waals surface area contributed by atoms with Crippen molar-refractivity contribution in [1.29, 1.82) is 0 Å². The number of halogens is 2. The summed E-state index contributed by atoms with van der Waals surface area (Å²) in [5.74, 6) is 0. The molecule has 0 N–H and O–H groups in total. The van der Waals surface area contributed by atoms with E-state index in [-0.39, 0.29) is 48.2 Å². The topological polar surface area (TPSA) is 0 Å². The monoisotopic (exact) mass is 174 g/mol. The zero-order chi connectivity index (χ0) is 3.58. The molecule has 38 valence electrons. The van der Waals surface area contributed by atoms with Crippen LogP contribution in [0.15, 0.2) is 0 Å². The molecule has 0 radical (unpaired) electrons. The molecule has 0 saturated carbocycles. The summed E-state index contributed by atoms with van der Waals surface area (Å²) in [6, 6.07) is 0. The molecular weight excluding hydrogens is 165 g/mol. The summed E-state index contributed by atoms with van der Waals surface area (Å²) in [4.78, 5) is 0. The number of rotatable bonds is 0. The van der Waals surface area contributed by atoms with E-state index < -0.39 is 0 Å². The molecule has 0 amide bonds. The van der Waals surface area contributed by atoms with Crippen LogP contribution in [0.2, 0.25) is 4.59 Å². The molecule has 0 saturated heterocycles. The predicted molar refractivity (Wildman–Crippen MR) is 45.6 cm³/mol. The molecule has 0 unspecified atom stereocenters. The molecular formula is C3H10BrClLi2. The zero-order valence-electron chi connectivity index (χ0n) is 4.39. The summed E-state index contributed by atoms with van der Waals surface area (Å²) in [5, 5.41) is 0. The average molecular weight is 175 g/mol. The van der Waals surface area contributed by atoms with Crippen LogP contribution in [0.4, 0.5) is 0 Å². The van der Waals surface area contributed by atoms with Crippen molar-refractivity contribution in [1.82, 2.24) is 0 Å². The van der Waals surface area contributed by atoms with Crippen LogP contribution in [-0.2, 0) is 0 Å². The van der Waals surface area contributed by atoms with E-state index in [9.17, 15) is 0 Å². The van der Waals surface area contributed by atoms with Gasteiger partial charge in [-0.3, -0.25) is 0 Å². The molecule has 0 heterocycles. The molecule has 0 aromatic rings. The van der Waals surface area contributed by atoms with E-state index in [4.69, 9.17) is 0 Å². The molecule has 0 aliphatic carbocycles. The number of hydrogen-bond acceptors (Lipinski definition) is 0. The summed E-state index contributed by atoms with van der Waals surface area (Å²) >= 11 is 2.17. The van der Waals surface area contributed by atoms with Gasteiger partial charge in [0.15, 0.2) is 0 Å². The molecule has 0 aromatic heterocycles. The molecule has 0 rings (SSSR count). The Morgan fingerprint density at radius 3 is 1.29 bits per heavy atom. The first kappa shape index (κ1) is 23.1. The van der Waals surface area contributed by atoms with Gasteiger partial charge in [0, 0.05) is 0 Å². The van der Waals surface area contributed by atoms with Crippen LogP contribution in [0.5, 0.6) is 0 Å². The van der Waals surface area contributed by atoms with Crippen LogP contribution in [0, 0.1) is 0 Å². The van der Waals surface area contributed by atoms with Gasteiger partial charge in [0.25, 0.3) is 0 Å². The quantitative estimate of drug-likeness (QED) is 0.487. The second-order valence-corrected chi connectivity index (χ2v) is 1.73. The Labute approximate surface area is 83.8 Å². The van der Waals surface area contributed by atoms with Gasteiger partial charge < -0.3 is 0 Å². The molecule has 0 aliphatic rings. The third-order valence-corrected chi connectivity index (χ3v) is 0. The van der Waals surface area contributed by atoms with Gasteiger partial charge in [0.2, 0.25) is 0 Å². The molecule has 0 aliphatic heterocycles. The fraction of sp³-hybridized carbons (Fsp3) is 1.00. The van der Waals surface area contributed by atoms with Crippen molar-refractivity contribution in [3.8, 4) is 0 Å². The van der Waals surface area contributed by atoms with Gasteiger partial charge in [0.05, 0.1) is 0 Å². The third-order valence-electron chi connectivity index (χ3n) is 0. The van der Waals surface area contributed by atoms with Crippen molar-refractivity contribution < 1.29 is 0 Å². The Kier molecular flexibility index (Phi) is 51.7. The Balaban J connectivity index is -0.0000000150. The van der Waals surface area contributed by atoms with Crippen molar-refractivity contribution in [3.63, 3.8) is 0 Å². The van der Waals surface area contributed by atoms with Gasteiger partial charge >= 0.3 is 55.0 Å². The second kappa shape index (κ2) is 15.7. The van der Waals surface area contributed by atoms with E-state index in [2.05, 4.69) is 31.6 Å². The van der Waals surface area contributed by atoms with E-state index in [0.29, 0.717) is 0 Å². The molecule has 0 fully saturated rings. The Morgan fingerprint density at radius 1 is 1.29 bits per heavy atom. The van der Waals surface area contributed by atoms with Gasteiger partial charge in [-0.2, -0.15) is 0 Å². The van der Waals surface area contributed by atoms with Crippen LogP contribution in [0.1, 0.15) is 13.8 Å². The first-order valence-corrected chi connectivity index (χ1v) is 1.73. The average Bonchev–Trinajstić information content (AvgIpc) is 0.811. The number of hydrogen-bond donors (Lipinski definition) is 0. The van der Waals surface area contributed by atoms with Crippen molar-refractivity contribution in [2.24, 2.45) is 0 Å². The fourth-order valence-corrected chi connectivity index (χ4v) is 0. The van der Waals surface area contributed by atoms with Gasteiger partial charge in [-0.25, -0.2) is 0 Å². The van der Waals surface area contributed by atoms with Gasteiger partial charge in [0.1, 0.15) is 0 Å². The summed E-state index contributed by atoms with van der Waals surface area (Å²) in [6.45, 7) is 4.33. The van der Waals surface area contributed by atoms with Gasteiger partial charge in [-0.15, -0.1) is 29.4 Å². The molecule has 7 heavy (non-hydrogen) atoms. The van der Waals surface area contributed by atoms with E-state index in [0.717, 1.165) is 4.59 Å². The Morgan fingerprint density at radius 2 is 1.29 bits per heavy atom. The Hall–Kier alpha value is 1.96. The summed E-state index contributed by atoms with van der Waals surface area (Å²) in [5.41, 5.74) is 0. The maximum absolute atomic E-state index is 2.17. The Bertz CT molecular complexity index is 17.7. The molecule has 0 spiro atoms. The standard InChI is InChI=1S/C3H7.BrH.ClH.2Li.H/c1-3-2;;;;;/h3H,1-2H3;2*1H;;;. The van der Waals surface area contributed by atoms with E-state index in [1.54, 1.807) is 0 Å². The molecule has 4 heteroatoms. The first-order chi connectivity index (χ1) is 1.73. The van der Waals surface area contributed by atoms with Crippen molar-refractivity contribution in [2.45, 2.75) is 18.4 Å². The van der Waals surface area contributed by atoms with Crippen LogP contribution < -0.4 is 0 Å². The molecule has 0 bridgehead atoms. The summed E-state index contributed by atoms with van der Waals surface area (Å²) in [7, 11) is 0. The summed E-state index contributed by atoms with van der Waals surface area (Å²) in [6.07, 6.45) is 0. The molecule has 0 nitrogen and oxygen atoms in total. The van der Waals surface area contributed by atoms with Crippen LogP contribution in [0.3, 0.4) is 0 Å². The first-order valence-electron chi connectivity index (χ1n) is 1.73. The van der Waals surface area contributed by atoms with Crippen LogP contribution in [0.25, 0.3) is 0 Å². The van der Waals surface area contributed by atoms with E-state index in [1.807, 2.05) is 0 Å². The molecule has 0 aromatic carbocycles. The summed E-state index contributed by atoms with van der Waals surface area (Å²) < 4.78 is 0.833. The SMILES string of the molecule is Br.Cl.[LiH].[Li][CH](C)C. The third kappa shape index (κ3) is 73.4. The normalized spacial score (nSPS) is 5.29. The zero-order valence-corrected chi connectivity index (χ0v) is 6.92. The van der Waals surface area contributed by atoms with Gasteiger partial charge in [-0.1, -0.05) is 0 Å². The van der Waals surface area contributed by atoms with Crippen molar-refractivity contribution >= 4 is 66.0 Å². The van der Waals surface area contributed by atoms with E-state index in [1.165, 1.54) is 0 Å².